The molecule has 2 aromatic carbocycles. The van der Waals surface area contributed by atoms with E-state index in [1.165, 1.54) is 19.3 Å². The Balaban J connectivity index is 1.43. The van der Waals surface area contributed by atoms with Gasteiger partial charge in [0.1, 0.15) is 0 Å². The minimum absolute atomic E-state index is 0.0358. The van der Waals surface area contributed by atoms with Gasteiger partial charge < -0.3 is 16.0 Å². The smallest absolute Gasteiger partial charge is 0.238 e. The number of rotatable bonds is 8. The fraction of sp³-hybridized carbons (Fsp3) is 0.391. The molecule has 2 amide bonds. The van der Waals surface area contributed by atoms with E-state index in [0.717, 1.165) is 18.4 Å². The molecule has 0 spiro atoms. The van der Waals surface area contributed by atoms with Crippen molar-refractivity contribution in [2.24, 2.45) is 0 Å². The van der Waals surface area contributed by atoms with Gasteiger partial charge in [0.2, 0.25) is 11.8 Å². The summed E-state index contributed by atoms with van der Waals surface area (Å²) in [6.45, 7) is 0.318. The van der Waals surface area contributed by atoms with Gasteiger partial charge in [0, 0.05) is 23.8 Å². The highest BCUT2D eigenvalue weighted by molar-refractivity contribution is 5.94. The number of carbonyl (C=O) groups is 2. The van der Waals surface area contributed by atoms with E-state index in [0.29, 0.717) is 36.8 Å². The van der Waals surface area contributed by atoms with E-state index in [2.05, 4.69) is 16.0 Å². The topological polar surface area (TPSA) is 70.2 Å². The standard InChI is InChI=1S/C23H29N3O2/c27-22(15-14-18-8-3-1-4-9-18)25-20-12-7-13-21(16-20)26-23(28)17-24-19-10-5-2-6-11-19/h1,3-4,7-9,12-13,16,19,24H,2,5-6,10-11,14-15,17H2,(H,25,27)(H,26,28). The van der Waals surface area contributed by atoms with Crippen molar-refractivity contribution >= 4 is 23.2 Å². The molecule has 3 N–H and O–H groups in total. The molecule has 2 aromatic rings. The summed E-state index contributed by atoms with van der Waals surface area (Å²) in [5, 5.41) is 9.14. The maximum absolute atomic E-state index is 12.2. The first-order valence-corrected chi connectivity index (χ1v) is 10.2. The molecule has 0 aromatic heterocycles. The van der Waals surface area contributed by atoms with E-state index >= 15 is 0 Å². The molecule has 1 aliphatic carbocycles. The Morgan fingerprint density at radius 2 is 1.50 bits per heavy atom. The van der Waals surface area contributed by atoms with Gasteiger partial charge in [-0.1, -0.05) is 55.7 Å². The van der Waals surface area contributed by atoms with Crippen LogP contribution in [0, 0.1) is 0 Å². The summed E-state index contributed by atoms with van der Waals surface area (Å²) < 4.78 is 0. The molecule has 0 unspecified atom stereocenters. The fourth-order valence-corrected chi connectivity index (χ4v) is 3.55. The van der Waals surface area contributed by atoms with Crippen LogP contribution in [0.25, 0.3) is 0 Å². The molecule has 0 atom stereocenters. The maximum atomic E-state index is 12.2. The van der Waals surface area contributed by atoms with Crippen molar-refractivity contribution < 1.29 is 9.59 Å². The number of carbonyl (C=O) groups excluding carboxylic acids is 2. The molecule has 5 heteroatoms. The Bertz CT molecular complexity index is 770. The zero-order valence-electron chi connectivity index (χ0n) is 16.2. The Morgan fingerprint density at radius 3 is 2.21 bits per heavy atom. The Morgan fingerprint density at radius 1 is 0.821 bits per heavy atom. The van der Waals surface area contributed by atoms with E-state index in [1.54, 1.807) is 6.07 Å². The van der Waals surface area contributed by atoms with Crippen molar-refractivity contribution in [3.8, 4) is 0 Å². The number of hydrogen-bond donors (Lipinski definition) is 3. The second-order valence-electron chi connectivity index (χ2n) is 7.38. The molecule has 0 saturated heterocycles. The molecule has 1 fully saturated rings. The van der Waals surface area contributed by atoms with Crippen LogP contribution in [0.5, 0.6) is 0 Å². The van der Waals surface area contributed by atoms with Crippen LogP contribution < -0.4 is 16.0 Å². The summed E-state index contributed by atoms with van der Waals surface area (Å²) in [6, 6.07) is 17.7. The summed E-state index contributed by atoms with van der Waals surface area (Å²) in [5.74, 6) is -0.0931. The molecule has 0 heterocycles. The van der Waals surface area contributed by atoms with Crippen molar-refractivity contribution in [3.05, 3.63) is 60.2 Å². The van der Waals surface area contributed by atoms with Crippen LogP contribution in [0.2, 0.25) is 0 Å². The predicted molar refractivity (Wildman–Crippen MR) is 113 cm³/mol. The van der Waals surface area contributed by atoms with Gasteiger partial charge in [-0.3, -0.25) is 9.59 Å². The second kappa shape index (κ2) is 10.6. The summed E-state index contributed by atoms with van der Waals surface area (Å²) >= 11 is 0. The van der Waals surface area contributed by atoms with Gasteiger partial charge in [0.05, 0.1) is 6.54 Å². The molecule has 148 valence electrons. The van der Waals surface area contributed by atoms with Crippen LogP contribution >= 0.6 is 0 Å². The van der Waals surface area contributed by atoms with Crippen LogP contribution in [0.4, 0.5) is 11.4 Å². The molecular weight excluding hydrogens is 350 g/mol. The van der Waals surface area contributed by atoms with Gasteiger partial charge in [-0.25, -0.2) is 0 Å². The van der Waals surface area contributed by atoms with Gasteiger partial charge in [0.25, 0.3) is 0 Å². The van der Waals surface area contributed by atoms with Gasteiger partial charge in [-0.05, 0) is 43.0 Å². The van der Waals surface area contributed by atoms with Gasteiger partial charge in [-0.2, -0.15) is 0 Å². The van der Waals surface area contributed by atoms with Crippen molar-refractivity contribution in [1.29, 1.82) is 0 Å². The highest BCUT2D eigenvalue weighted by Crippen LogP contribution is 2.18. The largest absolute Gasteiger partial charge is 0.326 e. The third kappa shape index (κ3) is 6.82. The molecule has 1 aliphatic rings. The van der Waals surface area contributed by atoms with Crippen LogP contribution in [0.15, 0.2) is 54.6 Å². The van der Waals surface area contributed by atoms with Gasteiger partial charge in [0.15, 0.2) is 0 Å². The average molecular weight is 380 g/mol. The molecule has 0 radical (unpaired) electrons. The van der Waals surface area contributed by atoms with Crippen molar-refractivity contribution in [2.75, 3.05) is 17.2 Å². The number of amides is 2. The normalized spacial score (nSPS) is 14.4. The molecule has 5 nitrogen and oxygen atoms in total. The van der Waals surface area contributed by atoms with Crippen LogP contribution in [0.1, 0.15) is 44.1 Å². The molecule has 1 saturated carbocycles. The number of hydrogen-bond acceptors (Lipinski definition) is 3. The van der Waals surface area contributed by atoms with E-state index in [9.17, 15) is 9.59 Å². The lowest BCUT2D eigenvalue weighted by atomic mass is 9.95. The lowest BCUT2D eigenvalue weighted by molar-refractivity contribution is -0.116. The Hall–Kier alpha value is -2.66. The third-order valence-electron chi connectivity index (χ3n) is 5.07. The fourth-order valence-electron chi connectivity index (χ4n) is 3.55. The van der Waals surface area contributed by atoms with E-state index in [4.69, 9.17) is 0 Å². The second-order valence-corrected chi connectivity index (χ2v) is 7.38. The van der Waals surface area contributed by atoms with E-state index < -0.39 is 0 Å². The molecular formula is C23H29N3O2. The summed E-state index contributed by atoms with van der Waals surface area (Å²) in [7, 11) is 0. The zero-order chi connectivity index (χ0) is 19.6. The van der Waals surface area contributed by atoms with Crippen molar-refractivity contribution in [3.63, 3.8) is 0 Å². The number of anilines is 2. The zero-order valence-corrected chi connectivity index (χ0v) is 16.2. The number of aryl methyl sites for hydroxylation is 1. The predicted octanol–water partition coefficient (Wildman–Crippen LogP) is 4.12. The Kier molecular flexibility index (Phi) is 7.62. The quantitative estimate of drug-likeness (QED) is 0.646. The first kappa shape index (κ1) is 20.1. The first-order chi connectivity index (χ1) is 13.7. The average Bonchev–Trinajstić information content (AvgIpc) is 2.72. The molecule has 0 bridgehead atoms. The lowest BCUT2D eigenvalue weighted by Gasteiger charge is -2.22. The summed E-state index contributed by atoms with van der Waals surface area (Å²) in [4.78, 5) is 24.4. The van der Waals surface area contributed by atoms with Crippen molar-refractivity contribution in [1.82, 2.24) is 5.32 Å². The van der Waals surface area contributed by atoms with Gasteiger partial charge in [-0.15, -0.1) is 0 Å². The summed E-state index contributed by atoms with van der Waals surface area (Å²) in [5.41, 5.74) is 2.52. The lowest BCUT2D eigenvalue weighted by Crippen LogP contribution is -2.37. The molecule has 28 heavy (non-hydrogen) atoms. The maximum Gasteiger partial charge on any atom is 0.238 e. The van der Waals surface area contributed by atoms with Gasteiger partial charge >= 0.3 is 0 Å². The molecule has 0 aliphatic heterocycles. The van der Waals surface area contributed by atoms with Crippen molar-refractivity contribution in [2.45, 2.75) is 51.0 Å². The number of benzene rings is 2. The van der Waals surface area contributed by atoms with E-state index in [1.807, 2.05) is 48.5 Å². The first-order valence-electron chi connectivity index (χ1n) is 10.2. The van der Waals surface area contributed by atoms with Crippen LogP contribution in [-0.4, -0.2) is 24.4 Å². The third-order valence-corrected chi connectivity index (χ3v) is 5.07. The Labute approximate surface area is 166 Å². The highest BCUT2D eigenvalue weighted by atomic mass is 16.2. The number of nitrogens with one attached hydrogen (secondary N) is 3. The monoisotopic (exact) mass is 379 g/mol. The highest BCUT2D eigenvalue weighted by Gasteiger charge is 2.14. The minimum Gasteiger partial charge on any atom is -0.326 e. The van der Waals surface area contributed by atoms with Crippen LogP contribution in [0.3, 0.4) is 0 Å². The summed E-state index contributed by atoms with van der Waals surface area (Å²) in [6.07, 6.45) is 7.21. The van der Waals surface area contributed by atoms with E-state index in [-0.39, 0.29) is 11.8 Å². The molecule has 3 rings (SSSR count). The minimum atomic E-state index is -0.0573. The van der Waals surface area contributed by atoms with Crippen LogP contribution in [-0.2, 0) is 16.0 Å². The SMILES string of the molecule is O=C(CCc1ccccc1)Nc1cccc(NC(=O)CNC2CCCCC2)c1.